The summed E-state index contributed by atoms with van der Waals surface area (Å²) in [5, 5.41) is 37.0. The van der Waals surface area contributed by atoms with Crippen LogP contribution >= 0.6 is 11.6 Å². The molecule has 3 N–H and O–H groups in total. The summed E-state index contributed by atoms with van der Waals surface area (Å²) in [4.78, 5) is 0. The van der Waals surface area contributed by atoms with Crippen molar-refractivity contribution in [1.82, 2.24) is 15.0 Å². The van der Waals surface area contributed by atoms with Crippen LogP contribution < -0.4 is 9.47 Å². The van der Waals surface area contributed by atoms with Gasteiger partial charge in [0.15, 0.2) is 0 Å². The summed E-state index contributed by atoms with van der Waals surface area (Å²) < 4.78 is 13.0. The number of ether oxygens (including phenoxy) is 2. The van der Waals surface area contributed by atoms with Crippen molar-refractivity contribution in [3.63, 3.8) is 0 Å². The normalized spacial score (nSPS) is 13.5. The third-order valence-electron chi connectivity index (χ3n) is 6.14. The number of rotatable bonds is 12. The largest absolute Gasteiger partial charge is 0.491 e. The van der Waals surface area contributed by atoms with Gasteiger partial charge in [0.1, 0.15) is 42.6 Å². The van der Waals surface area contributed by atoms with E-state index >= 15 is 0 Å². The smallest absolute Gasteiger partial charge is 0.122 e. The molecular formula is C26H34ClN3O5. The Morgan fingerprint density at radius 2 is 1.63 bits per heavy atom. The number of alkyl halides is 1. The van der Waals surface area contributed by atoms with Crippen molar-refractivity contribution in [2.45, 2.75) is 58.5 Å². The quantitative estimate of drug-likeness (QED) is 0.326. The lowest BCUT2D eigenvalue weighted by Crippen LogP contribution is -2.25. The lowest BCUT2D eigenvalue weighted by atomic mass is 9.77. The number of aliphatic hydroxyl groups is 3. The highest BCUT2D eigenvalue weighted by Gasteiger charge is 2.24. The van der Waals surface area contributed by atoms with Crippen LogP contribution in [-0.4, -0.2) is 61.6 Å². The first-order valence-corrected chi connectivity index (χ1v) is 12.1. The molecule has 9 heteroatoms. The van der Waals surface area contributed by atoms with Crippen molar-refractivity contribution in [1.29, 1.82) is 0 Å². The van der Waals surface area contributed by atoms with Crippen LogP contribution in [0.5, 0.6) is 11.5 Å². The third kappa shape index (κ3) is 6.73. The molecule has 0 fully saturated rings. The fourth-order valence-corrected chi connectivity index (χ4v) is 3.81. The van der Waals surface area contributed by atoms with Crippen molar-refractivity contribution >= 4 is 11.6 Å². The van der Waals surface area contributed by atoms with Gasteiger partial charge in [-0.3, -0.25) is 0 Å². The maximum absolute atomic E-state index is 10.3. The molecule has 0 amide bonds. The summed E-state index contributed by atoms with van der Waals surface area (Å²) in [5.74, 6) is 1.52. The van der Waals surface area contributed by atoms with E-state index in [2.05, 4.69) is 30.2 Å². The Kier molecular flexibility index (Phi) is 9.13. The predicted octanol–water partition coefficient (Wildman–Crippen LogP) is 3.13. The molecule has 190 valence electrons. The topological polar surface area (TPSA) is 110 Å². The highest BCUT2D eigenvalue weighted by molar-refractivity contribution is 6.18. The molecule has 0 aliphatic rings. The fraction of sp³-hybridized carbons (Fsp3) is 0.462. The maximum atomic E-state index is 10.3. The summed E-state index contributed by atoms with van der Waals surface area (Å²) in [5.41, 5.74) is 4.20. The number of benzene rings is 2. The Hall–Kier alpha value is -2.65. The van der Waals surface area contributed by atoms with E-state index in [1.807, 2.05) is 43.3 Å². The van der Waals surface area contributed by atoms with E-state index in [0.29, 0.717) is 11.4 Å². The van der Waals surface area contributed by atoms with Crippen LogP contribution in [-0.2, 0) is 18.6 Å². The van der Waals surface area contributed by atoms with Gasteiger partial charge in [0.25, 0.3) is 0 Å². The zero-order valence-electron chi connectivity index (χ0n) is 20.6. The van der Waals surface area contributed by atoms with Gasteiger partial charge < -0.3 is 24.8 Å². The molecule has 3 rings (SSSR count). The van der Waals surface area contributed by atoms with Crippen molar-refractivity contribution in [2.24, 2.45) is 0 Å². The van der Waals surface area contributed by atoms with Crippen LogP contribution in [0, 0.1) is 13.8 Å². The Morgan fingerprint density at radius 3 is 2.23 bits per heavy atom. The van der Waals surface area contributed by atoms with Crippen LogP contribution in [0.1, 0.15) is 41.9 Å². The number of nitrogens with zero attached hydrogens (tertiary/aromatic N) is 3. The third-order valence-corrected chi connectivity index (χ3v) is 6.49. The molecule has 2 aromatic carbocycles. The van der Waals surface area contributed by atoms with Gasteiger partial charge in [-0.05, 0) is 48.7 Å². The second-order valence-electron chi connectivity index (χ2n) is 9.18. The summed E-state index contributed by atoms with van der Waals surface area (Å²) >= 11 is 5.64. The minimum Gasteiger partial charge on any atom is -0.491 e. The lowest BCUT2D eigenvalue weighted by molar-refractivity contribution is 0.0882. The molecule has 2 atom stereocenters. The monoisotopic (exact) mass is 503 g/mol. The van der Waals surface area contributed by atoms with Gasteiger partial charge in [-0.15, -0.1) is 16.7 Å². The number of hydrogen-bond acceptors (Lipinski definition) is 7. The van der Waals surface area contributed by atoms with Crippen molar-refractivity contribution in [2.75, 3.05) is 19.1 Å². The van der Waals surface area contributed by atoms with Crippen LogP contribution in [0.25, 0.3) is 0 Å². The summed E-state index contributed by atoms with van der Waals surface area (Å²) in [6.07, 6.45) is -1.47. The molecule has 0 aliphatic heterocycles. The van der Waals surface area contributed by atoms with E-state index in [1.165, 1.54) is 0 Å². The first-order chi connectivity index (χ1) is 16.6. The Labute approximate surface area is 211 Å². The Morgan fingerprint density at radius 1 is 0.971 bits per heavy atom. The molecule has 35 heavy (non-hydrogen) atoms. The molecule has 3 aromatic rings. The molecule has 1 aromatic heterocycles. The van der Waals surface area contributed by atoms with Gasteiger partial charge >= 0.3 is 0 Å². The van der Waals surface area contributed by atoms with Gasteiger partial charge in [-0.25, -0.2) is 4.68 Å². The lowest BCUT2D eigenvalue weighted by Gasteiger charge is -2.27. The second kappa shape index (κ2) is 11.9. The van der Waals surface area contributed by atoms with E-state index < -0.39 is 12.2 Å². The molecule has 8 nitrogen and oxygen atoms in total. The molecule has 0 unspecified atom stereocenters. The Balaban J connectivity index is 1.60. The van der Waals surface area contributed by atoms with Gasteiger partial charge in [0.05, 0.1) is 24.7 Å². The average molecular weight is 504 g/mol. The predicted molar refractivity (Wildman–Crippen MR) is 134 cm³/mol. The second-order valence-corrected chi connectivity index (χ2v) is 9.48. The highest BCUT2D eigenvalue weighted by Crippen LogP contribution is 2.34. The van der Waals surface area contributed by atoms with E-state index in [1.54, 1.807) is 11.6 Å². The van der Waals surface area contributed by atoms with Gasteiger partial charge in [-0.2, -0.15) is 0 Å². The number of halogens is 1. The fourth-order valence-electron chi connectivity index (χ4n) is 3.73. The van der Waals surface area contributed by atoms with Gasteiger partial charge in [0.2, 0.25) is 0 Å². The summed E-state index contributed by atoms with van der Waals surface area (Å²) in [7, 11) is 0. The zero-order chi connectivity index (χ0) is 25.6. The first-order valence-electron chi connectivity index (χ1n) is 11.5. The first kappa shape index (κ1) is 26.9. The van der Waals surface area contributed by atoms with Gasteiger partial charge in [0, 0.05) is 5.41 Å². The van der Waals surface area contributed by atoms with Crippen LogP contribution in [0.3, 0.4) is 0 Å². The van der Waals surface area contributed by atoms with Crippen molar-refractivity contribution in [3.05, 3.63) is 70.5 Å². The van der Waals surface area contributed by atoms with E-state index in [0.717, 1.165) is 28.1 Å². The van der Waals surface area contributed by atoms with Crippen LogP contribution in [0.2, 0.25) is 0 Å². The van der Waals surface area contributed by atoms with E-state index in [9.17, 15) is 15.3 Å². The minimum absolute atomic E-state index is 0.107. The number of aromatic nitrogens is 3. The zero-order valence-corrected chi connectivity index (χ0v) is 21.4. The minimum atomic E-state index is -0.771. The standard InChI is InChI=1S/C26H34ClN3O5/c1-17-11-20(7-10-25(17)35-15-21(32)12-27)26(3,4)19-5-8-23(9-6-19)34-16-22(33)13-30-18(2)24(14-31)28-29-30/h5-11,21-22,31-33H,12-16H2,1-4H3/t21-,22-/m1/s1. The molecule has 0 saturated carbocycles. The molecule has 0 spiro atoms. The number of aliphatic hydroxyl groups excluding tert-OH is 3. The van der Waals surface area contributed by atoms with Crippen LogP contribution in [0.15, 0.2) is 42.5 Å². The van der Waals surface area contributed by atoms with Crippen molar-refractivity contribution in [3.8, 4) is 11.5 Å². The number of aryl methyl sites for hydroxylation is 1. The highest BCUT2D eigenvalue weighted by atomic mass is 35.5. The molecule has 0 aliphatic carbocycles. The Bertz CT molecular complexity index is 1100. The average Bonchev–Trinajstić information content (AvgIpc) is 3.20. The van der Waals surface area contributed by atoms with Gasteiger partial charge in [-0.1, -0.05) is 43.3 Å². The molecule has 0 bridgehead atoms. The molecule has 0 radical (unpaired) electrons. The van der Waals surface area contributed by atoms with Crippen molar-refractivity contribution < 1.29 is 24.8 Å². The SMILES string of the molecule is Cc1cc(C(C)(C)c2ccc(OC[C@H](O)Cn3nnc(CO)c3C)cc2)ccc1OC[C@H](O)CCl. The summed E-state index contributed by atoms with van der Waals surface area (Å²) in [6, 6.07) is 13.9. The maximum Gasteiger partial charge on any atom is 0.122 e. The number of hydrogen-bond donors (Lipinski definition) is 3. The molecule has 0 saturated heterocycles. The van der Waals surface area contributed by atoms with E-state index in [-0.39, 0.29) is 37.7 Å². The summed E-state index contributed by atoms with van der Waals surface area (Å²) in [6.45, 7) is 8.40. The van der Waals surface area contributed by atoms with E-state index in [4.69, 9.17) is 21.1 Å². The molecular weight excluding hydrogens is 470 g/mol. The van der Waals surface area contributed by atoms with Crippen LogP contribution in [0.4, 0.5) is 0 Å². The molecule has 1 heterocycles.